The zero-order valence-corrected chi connectivity index (χ0v) is 34.8. The van der Waals surface area contributed by atoms with E-state index in [2.05, 4.69) is 68.9 Å². The largest absolute Gasteiger partial charge is 0.439 e. The lowest BCUT2D eigenvalue weighted by atomic mass is 10.1. The van der Waals surface area contributed by atoms with Crippen LogP contribution < -0.4 is 4.72 Å². The van der Waals surface area contributed by atoms with Crippen molar-refractivity contribution < 1.29 is 45.5 Å². The van der Waals surface area contributed by atoms with Crippen molar-refractivity contribution in [1.82, 2.24) is 19.0 Å². The maximum absolute atomic E-state index is 12.7. The Balaban J connectivity index is 0.830. The number of likely N-dealkylation sites (tertiary alicyclic amines) is 2. The zero-order valence-electron chi connectivity index (χ0n) is 31.5. The first-order valence-electron chi connectivity index (χ1n) is 18.8. The van der Waals surface area contributed by atoms with E-state index in [9.17, 15) is 26.4 Å². The second-order valence-electron chi connectivity index (χ2n) is 14.2. The SMILES string of the molecule is CS(=O)(=O)N(OC(=O)C(=O)OCS(=O)(=O)NC1CCN(CCCOCCc2ccc3sccc3c2)C1)C1CCN(CCCOCCc2ccc3sccc3c2)C1. The van der Waals surface area contributed by atoms with Gasteiger partial charge in [0.25, 0.3) is 0 Å². The maximum atomic E-state index is 12.7. The van der Waals surface area contributed by atoms with Crippen LogP contribution in [0.1, 0.15) is 36.8 Å². The number of benzene rings is 2. The molecule has 0 saturated carbocycles. The Hall–Kier alpha value is -3.04. The number of carbonyl (C=O) groups is 2. The van der Waals surface area contributed by atoms with E-state index >= 15 is 0 Å². The molecule has 56 heavy (non-hydrogen) atoms. The van der Waals surface area contributed by atoms with Crippen LogP contribution in [0, 0.1) is 0 Å². The van der Waals surface area contributed by atoms with Gasteiger partial charge >= 0.3 is 11.9 Å². The molecule has 0 radical (unpaired) electrons. The Kier molecular flexibility index (Phi) is 15.3. The number of sulfonamides is 2. The van der Waals surface area contributed by atoms with Crippen LogP contribution in [0.15, 0.2) is 59.3 Å². The minimum atomic E-state index is -4.10. The fraction of sp³-hybridized carbons (Fsp3) is 0.526. The number of rotatable bonds is 21. The topological polar surface area (TPSA) is 161 Å². The van der Waals surface area contributed by atoms with Crippen LogP contribution in [0.4, 0.5) is 0 Å². The lowest BCUT2D eigenvalue weighted by Gasteiger charge is -2.24. The Labute approximate surface area is 336 Å². The molecule has 0 spiro atoms. The number of hydrogen-bond acceptors (Lipinski definition) is 14. The van der Waals surface area contributed by atoms with Crippen LogP contribution in [0.5, 0.6) is 0 Å². The molecule has 14 nitrogen and oxygen atoms in total. The maximum Gasteiger partial charge on any atom is 0.437 e. The van der Waals surface area contributed by atoms with E-state index in [0.29, 0.717) is 69.9 Å². The van der Waals surface area contributed by atoms with Gasteiger partial charge in [0, 0.05) is 54.8 Å². The van der Waals surface area contributed by atoms with Gasteiger partial charge in [-0.05, 0) is 113 Å². The summed E-state index contributed by atoms with van der Waals surface area (Å²) in [6.45, 7) is 5.78. The van der Waals surface area contributed by atoms with Crippen LogP contribution in [-0.2, 0) is 61.5 Å². The molecule has 0 amide bonds. The number of thiophene rings is 2. The fourth-order valence-electron chi connectivity index (χ4n) is 7.04. The highest BCUT2D eigenvalue weighted by Crippen LogP contribution is 2.24. The molecule has 6 rings (SSSR count). The van der Waals surface area contributed by atoms with Gasteiger partial charge in [-0.2, -0.15) is 0 Å². The summed E-state index contributed by atoms with van der Waals surface area (Å²) in [5.41, 5.74) is 2.46. The molecule has 1 N–H and O–H groups in total. The number of fused-ring (bicyclic) bond motifs is 2. The molecule has 306 valence electrons. The third-order valence-electron chi connectivity index (χ3n) is 9.81. The minimum Gasteiger partial charge on any atom is -0.439 e. The highest BCUT2D eigenvalue weighted by Gasteiger charge is 2.38. The van der Waals surface area contributed by atoms with Crippen molar-refractivity contribution in [3.8, 4) is 0 Å². The van der Waals surface area contributed by atoms with E-state index in [-0.39, 0.29) is 12.6 Å². The van der Waals surface area contributed by atoms with Crippen molar-refractivity contribution in [2.75, 3.05) is 77.9 Å². The van der Waals surface area contributed by atoms with Gasteiger partial charge in [-0.15, -0.1) is 22.7 Å². The predicted octanol–water partition coefficient (Wildman–Crippen LogP) is 4.00. The second-order valence-corrected chi connectivity index (χ2v) is 19.6. The van der Waals surface area contributed by atoms with E-state index in [1.807, 2.05) is 4.90 Å². The third kappa shape index (κ3) is 12.7. The summed E-state index contributed by atoms with van der Waals surface area (Å²) in [5, 5.41) is 6.65. The Bertz CT molecular complexity index is 2140. The highest BCUT2D eigenvalue weighted by atomic mass is 32.2. The molecule has 2 atom stereocenters. The first kappa shape index (κ1) is 42.6. The van der Waals surface area contributed by atoms with Crippen LogP contribution in [0.2, 0.25) is 0 Å². The van der Waals surface area contributed by atoms with Crippen molar-refractivity contribution in [1.29, 1.82) is 0 Å². The monoisotopic (exact) mass is 850 g/mol. The molecular formula is C38H50N4O10S4. The summed E-state index contributed by atoms with van der Waals surface area (Å²) >= 11 is 3.44. The van der Waals surface area contributed by atoms with Crippen molar-refractivity contribution in [3.63, 3.8) is 0 Å². The fourth-order valence-corrected chi connectivity index (χ4v) is 10.5. The highest BCUT2D eigenvalue weighted by molar-refractivity contribution is 7.89. The first-order valence-corrected chi connectivity index (χ1v) is 24.1. The van der Waals surface area contributed by atoms with E-state index in [0.717, 1.165) is 38.5 Å². The van der Waals surface area contributed by atoms with Crippen LogP contribution in [0.3, 0.4) is 0 Å². The van der Waals surface area contributed by atoms with E-state index in [1.165, 1.54) is 31.3 Å². The average molecular weight is 851 g/mol. The first-order chi connectivity index (χ1) is 26.9. The minimum absolute atomic E-state index is 0.285. The van der Waals surface area contributed by atoms with Gasteiger partial charge in [0.15, 0.2) is 0 Å². The molecule has 2 unspecified atom stereocenters. The predicted molar refractivity (Wildman–Crippen MR) is 217 cm³/mol. The Morgan fingerprint density at radius 3 is 1.93 bits per heavy atom. The van der Waals surface area contributed by atoms with E-state index in [1.54, 1.807) is 22.7 Å². The third-order valence-corrected chi connectivity index (χ3v) is 13.7. The van der Waals surface area contributed by atoms with Gasteiger partial charge in [-0.3, -0.25) is 0 Å². The summed E-state index contributed by atoms with van der Waals surface area (Å²) in [6.07, 6.45) is 4.99. The van der Waals surface area contributed by atoms with Gasteiger partial charge < -0.3 is 28.8 Å². The number of hydrogen-bond donors (Lipinski definition) is 1. The van der Waals surface area contributed by atoms with Gasteiger partial charge in [0.1, 0.15) is 0 Å². The van der Waals surface area contributed by atoms with Crippen LogP contribution in [-0.4, -0.2) is 133 Å². The summed E-state index contributed by atoms with van der Waals surface area (Å²) in [7, 11) is -8.17. The van der Waals surface area contributed by atoms with Crippen molar-refractivity contribution >= 4 is 74.8 Å². The van der Waals surface area contributed by atoms with Crippen LogP contribution >= 0.6 is 22.7 Å². The van der Waals surface area contributed by atoms with Crippen molar-refractivity contribution in [3.05, 3.63) is 70.4 Å². The Morgan fingerprint density at radius 2 is 1.34 bits per heavy atom. The van der Waals surface area contributed by atoms with Crippen molar-refractivity contribution in [2.24, 2.45) is 0 Å². The van der Waals surface area contributed by atoms with Gasteiger partial charge in [0.2, 0.25) is 26.0 Å². The second kappa shape index (κ2) is 20.1. The van der Waals surface area contributed by atoms with Crippen molar-refractivity contribution in [2.45, 2.75) is 50.6 Å². The summed E-state index contributed by atoms with van der Waals surface area (Å²) < 4.78 is 72.5. The molecular weight excluding hydrogens is 801 g/mol. The Morgan fingerprint density at radius 1 is 0.768 bits per heavy atom. The van der Waals surface area contributed by atoms with Gasteiger partial charge in [-0.1, -0.05) is 24.3 Å². The smallest absolute Gasteiger partial charge is 0.437 e. The lowest BCUT2D eigenvalue weighted by Crippen LogP contribution is -2.44. The summed E-state index contributed by atoms with van der Waals surface area (Å²) in [4.78, 5) is 34.2. The molecule has 2 saturated heterocycles. The molecule has 4 aromatic rings. The molecule has 2 aliphatic heterocycles. The molecule has 18 heteroatoms. The lowest BCUT2D eigenvalue weighted by molar-refractivity contribution is -0.187. The zero-order chi connectivity index (χ0) is 39.5. The normalized spacial score (nSPS) is 18.4. The molecule has 4 heterocycles. The molecule has 2 aromatic heterocycles. The molecule has 0 bridgehead atoms. The van der Waals surface area contributed by atoms with Gasteiger partial charge in [-0.25, -0.2) is 31.1 Å². The van der Waals surface area contributed by atoms with Crippen LogP contribution in [0.25, 0.3) is 20.2 Å². The molecule has 2 aliphatic rings. The standard InChI is InChI=1S/C38H50N4O10S4/c1-55(45,46)42(34-9-17-41(27-34)15-3-19-50-21-11-30-5-7-36-32(25-30)13-23-54-36)52-38(44)37(43)51-28-56(47,48)39-33-8-16-40(26-33)14-2-18-49-20-10-29-4-6-35-31(24-29)12-22-53-35/h4-7,12-13,22-25,33-34,39H,2-3,8-11,14-21,26-28H2,1H3. The van der Waals surface area contributed by atoms with E-state index < -0.39 is 44.0 Å². The number of hydroxylamine groups is 1. The molecule has 2 aromatic carbocycles. The number of esters is 1. The number of ether oxygens (including phenoxy) is 3. The number of nitrogens with one attached hydrogen (secondary N) is 1. The van der Waals surface area contributed by atoms with E-state index in [4.69, 9.17) is 19.0 Å². The summed E-state index contributed by atoms with van der Waals surface area (Å²) in [5.74, 6) is -4.33. The number of nitrogens with zero attached hydrogens (tertiary/aromatic N) is 3. The summed E-state index contributed by atoms with van der Waals surface area (Å²) in [6, 6.07) is 16.0. The molecule has 0 aliphatic carbocycles. The number of carbonyl (C=O) groups excluding carboxylic acids is 2. The molecule has 2 fully saturated rings. The quantitative estimate of drug-likeness (QED) is 0.0557. The van der Waals surface area contributed by atoms with Gasteiger partial charge in [0.05, 0.1) is 25.5 Å². The average Bonchev–Trinajstić information content (AvgIpc) is 4.00.